The van der Waals surface area contributed by atoms with Gasteiger partial charge in [0.2, 0.25) is 0 Å². The largest absolute Gasteiger partial charge is 0.756 e. The number of phosphoric ester groups is 1. The molecule has 8 nitrogen and oxygen atoms in total. The van der Waals surface area contributed by atoms with Gasteiger partial charge < -0.3 is 27.9 Å². The first kappa shape index (κ1) is 59.9. The first-order chi connectivity index (χ1) is 30.1. The Morgan fingerprint density at radius 1 is 0.516 bits per heavy atom. The lowest BCUT2D eigenvalue weighted by atomic mass is 10.0. The first-order valence-electron chi connectivity index (χ1n) is 25.2. The highest BCUT2D eigenvalue weighted by molar-refractivity contribution is 7.45. The molecule has 0 radical (unpaired) electrons. The second-order valence-corrected chi connectivity index (χ2v) is 19.2. The molecule has 0 N–H and O–H groups in total. The highest BCUT2D eigenvalue weighted by atomic mass is 31.2. The number of likely N-dealkylation sites (N-methyl/N-ethyl adjacent to an activating group) is 1. The van der Waals surface area contributed by atoms with E-state index in [2.05, 4.69) is 86.8 Å². The van der Waals surface area contributed by atoms with Gasteiger partial charge in [-0.15, -0.1) is 0 Å². The second kappa shape index (κ2) is 45.5. The molecule has 2 atom stereocenters. The number of ether oxygens (including phenoxy) is 2. The van der Waals surface area contributed by atoms with Crippen LogP contribution >= 0.6 is 7.82 Å². The molecule has 0 rings (SSSR count). The summed E-state index contributed by atoms with van der Waals surface area (Å²) in [6, 6.07) is 0. The van der Waals surface area contributed by atoms with E-state index in [4.69, 9.17) is 18.5 Å². The lowest BCUT2D eigenvalue weighted by Gasteiger charge is -2.28. The van der Waals surface area contributed by atoms with Crippen LogP contribution in [0.5, 0.6) is 0 Å². The first-order valence-corrected chi connectivity index (χ1v) is 26.6. The van der Waals surface area contributed by atoms with Gasteiger partial charge in [-0.05, 0) is 83.5 Å². The molecule has 0 aliphatic heterocycles. The van der Waals surface area contributed by atoms with Crippen LogP contribution in [0.15, 0.2) is 72.9 Å². The van der Waals surface area contributed by atoms with Crippen molar-refractivity contribution in [3.05, 3.63) is 72.9 Å². The Kier molecular flexibility index (Phi) is 44.0. The maximum Gasteiger partial charge on any atom is 0.306 e. The lowest BCUT2D eigenvalue weighted by Crippen LogP contribution is -2.37. The molecule has 0 aromatic rings. The van der Waals surface area contributed by atoms with Crippen molar-refractivity contribution in [1.82, 2.24) is 0 Å². The number of hydrogen-bond acceptors (Lipinski definition) is 7. The minimum absolute atomic E-state index is 0.0199. The van der Waals surface area contributed by atoms with Gasteiger partial charge in [-0.3, -0.25) is 9.36 Å². The molecule has 62 heavy (non-hydrogen) atoms. The van der Waals surface area contributed by atoms with Crippen LogP contribution in [0.4, 0.5) is 0 Å². The predicted octanol–water partition coefficient (Wildman–Crippen LogP) is 14.8. The molecule has 0 saturated heterocycles. The highest BCUT2D eigenvalue weighted by Gasteiger charge is 2.20. The molecule has 9 heteroatoms. The molecule has 0 saturated carbocycles. The van der Waals surface area contributed by atoms with Crippen molar-refractivity contribution in [2.45, 2.75) is 206 Å². The minimum atomic E-state index is -4.54. The van der Waals surface area contributed by atoms with Crippen LogP contribution in [0.1, 0.15) is 200 Å². The zero-order valence-corrected chi connectivity index (χ0v) is 41.7. The number of carbonyl (C=O) groups excluding carboxylic acids is 1. The van der Waals surface area contributed by atoms with Crippen molar-refractivity contribution >= 4 is 13.8 Å². The standard InChI is InChI=1S/C53H96NO7P/c1-6-8-10-12-14-16-18-20-22-24-25-26-27-28-29-30-32-34-36-38-40-42-44-46-53(55)61-52(51-60-62(56,57)59-49-47-54(3,4)5)50-58-48-45-43-41-39-37-35-33-31-23-21-19-17-15-13-11-9-7-2/h8,10,14,16-17,19-20,22-23,25-26,31,52H,6-7,9,11-13,15,18,21,24,27-30,32-51H2,1-5H3/b10-8-,16-14-,19-17-,22-20-,26-25-,31-23-. The summed E-state index contributed by atoms with van der Waals surface area (Å²) in [5, 5.41) is 0. The monoisotopic (exact) mass is 890 g/mol. The predicted molar refractivity (Wildman–Crippen MR) is 263 cm³/mol. The van der Waals surface area contributed by atoms with Crippen molar-refractivity contribution in [1.29, 1.82) is 0 Å². The summed E-state index contributed by atoms with van der Waals surface area (Å²) >= 11 is 0. The van der Waals surface area contributed by atoms with Crippen LogP contribution in [0.25, 0.3) is 0 Å². The van der Waals surface area contributed by atoms with Crippen LogP contribution < -0.4 is 4.89 Å². The van der Waals surface area contributed by atoms with Crippen molar-refractivity contribution in [3.8, 4) is 0 Å². The van der Waals surface area contributed by atoms with E-state index < -0.39 is 13.9 Å². The van der Waals surface area contributed by atoms with Crippen LogP contribution in [0.2, 0.25) is 0 Å². The fraction of sp³-hybridized carbons (Fsp3) is 0.755. The molecule has 0 heterocycles. The Morgan fingerprint density at radius 3 is 1.40 bits per heavy atom. The number of rotatable bonds is 46. The van der Waals surface area contributed by atoms with E-state index in [1.165, 1.54) is 103 Å². The number of nitrogens with zero attached hydrogens (tertiary/aromatic N) is 1. The van der Waals surface area contributed by atoms with Gasteiger partial charge in [-0.2, -0.15) is 0 Å². The van der Waals surface area contributed by atoms with Gasteiger partial charge in [0.1, 0.15) is 19.3 Å². The number of quaternary nitrogens is 1. The molecule has 0 amide bonds. The Morgan fingerprint density at radius 2 is 0.935 bits per heavy atom. The van der Waals surface area contributed by atoms with Crippen molar-refractivity contribution in [3.63, 3.8) is 0 Å². The summed E-state index contributed by atoms with van der Waals surface area (Å²) in [5.41, 5.74) is 0. The number of unbranched alkanes of at least 4 members (excludes halogenated alkanes) is 20. The number of hydrogen-bond donors (Lipinski definition) is 0. The summed E-state index contributed by atoms with van der Waals surface area (Å²) in [6.45, 7) is 5.25. The molecule has 0 fully saturated rings. The van der Waals surface area contributed by atoms with E-state index in [9.17, 15) is 14.3 Å². The van der Waals surface area contributed by atoms with E-state index in [0.717, 1.165) is 77.0 Å². The maximum absolute atomic E-state index is 12.7. The van der Waals surface area contributed by atoms with Gasteiger partial charge in [0.25, 0.3) is 7.82 Å². The van der Waals surface area contributed by atoms with Gasteiger partial charge >= 0.3 is 5.97 Å². The fourth-order valence-electron chi connectivity index (χ4n) is 6.63. The third-order valence-electron chi connectivity index (χ3n) is 10.5. The molecule has 0 aromatic heterocycles. The molecule has 360 valence electrons. The number of allylic oxidation sites excluding steroid dienone is 12. The normalized spacial score (nSPS) is 14.2. The van der Waals surface area contributed by atoms with E-state index in [-0.39, 0.29) is 25.8 Å². The topological polar surface area (TPSA) is 94.1 Å². The van der Waals surface area contributed by atoms with Crippen LogP contribution in [0, 0.1) is 0 Å². The van der Waals surface area contributed by atoms with Crippen molar-refractivity contribution in [2.24, 2.45) is 0 Å². The van der Waals surface area contributed by atoms with E-state index in [0.29, 0.717) is 24.1 Å². The molecular weight excluding hydrogens is 794 g/mol. The Hall–Kier alpha value is -2.06. The SMILES string of the molecule is CC/C=C\C/C=C\C/C=C\C/C=C\CCCCCCCCCCCCC(=O)OC(COCCCCCCCC/C=C\C/C=C\CCCCCC)COP(=O)([O-])OCC[N+](C)(C)C. The van der Waals surface area contributed by atoms with Gasteiger partial charge in [0.05, 0.1) is 34.4 Å². The number of esters is 1. The van der Waals surface area contributed by atoms with Crippen molar-refractivity contribution < 1.29 is 37.3 Å². The summed E-state index contributed by atoms with van der Waals surface area (Å²) in [6.07, 6.45) is 59.2. The minimum Gasteiger partial charge on any atom is -0.756 e. The molecule has 0 spiro atoms. The zero-order valence-electron chi connectivity index (χ0n) is 40.8. The third kappa shape index (κ3) is 49.0. The van der Waals surface area contributed by atoms with Crippen LogP contribution in [0.3, 0.4) is 0 Å². The summed E-state index contributed by atoms with van der Waals surface area (Å²) < 4.78 is 34.7. The summed E-state index contributed by atoms with van der Waals surface area (Å²) in [4.78, 5) is 25.2. The van der Waals surface area contributed by atoms with E-state index >= 15 is 0 Å². The van der Waals surface area contributed by atoms with Gasteiger partial charge in [0.15, 0.2) is 0 Å². The second-order valence-electron chi connectivity index (χ2n) is 17.8. The average molecular weight is 890 g/mol. The molecule has 0 aromatic carbocycles. The lowest BCUT2D eigenvalue weighted by molar-refractivity contribution is -0.870. The molecule has 0 aliphatic rings. The van der Waals surface area contributed by atoms with Crippen molar-refractivity contribution in [2.75, 3.05) is 54.1 Å². The fourth-order valence-corrected chi connectivity index (χ4v) is 7.35. The number of phosphoric acid groups is 1. The van der Waals surface area contributed by atoms with E-state index in [1.807, 2.05) is 21.1 Å². The molecule has 0 bridgehead atoms. The Labute approximate surface area is 383 Å². The van der Waals surface area contributed by atoms with Gasteiger partial charge in [-0.25, -0.2) is 0 Å². The highest BCUT2D eigenvalue weighted by Crippen LogP contribution is 2.38. The van der Waals surface area contributed by atoms with Gasteiger partial charge in [0, 0.05) is 13.0 Å². The molecular formula is C53H96NO7P. The van der Waals surface area contributed by atoms with Gasteiger partial charge in [-0.1, -0.05) is 183 Å². The smallest absolute Gasteiger partial charge is 0.306 e. The van der Waals surface area contributed by atoms with Crippen LogP contribution in [-0.4, -0.2) is 70.7 Å². The Bertz CT molecular complexity index is 1220. The average Bonchev–Trinajstić information content (AvgIpc) is 3.23. The number of carbonyl (C=O) groups is 1. The molecule has 0 aliphatic carbocycles. The zero-order chi connectivity index (χ0) is 45.5. The third-order valence-corrected chi connectivity index (χ3v) is 11.5. The molecule has 2 unspecified atom stereocenters. The Balaban J connectivity index is 4.18. The summed E-state index contributed by atoms with van der Waals surface area (Å²) in [5.74, 6) is -0.344. The van der Waals surface area contributed by atoms with E-state index in [1.54, 1.807) is 0 Å². The van der Waals surface area contributed by atoms with Crippen LogP contribution in [-0.2, 0) is 27.9 Å². The quantitative estimate of drug-likeness (QED) is 0.0197. The summed E-state index contributed by atoms with van der Waals surface area (Å²) in [7, 11) is 1.34. The maximum atomic E-state index is 12.7.